The van der Waals surface area contributed by atoms with E-state index in [9.17, 15) is 0 Å². The normalized spacial score (nSPS) is 10.4. The number of hydrogen-bond acceptors (Lipinski definition) is 6. The summed E-state index contributed by atoms with van der Waals surface area (Å²) in [5.41, 5.74) is 9.36. The van der Waals surface area contributed by atoms with Gasteiger partial charge in [-0.05, 0) is 60.7 Å². The first kappa shape index (κ1) is 17.4. The summed E-state index contributed by atoms with van der Waals surface area (Å²) in [5.74, 6) is 0. The molecule has 25 heavy (non-hydrogen) atoms. The lowest BCUT2D eigenvalue weighted by molar-refractivity contribution is 1.26. The Kier molecular flexibility index (Phi) is 5.63. The lowest BCUT2D eigenvalue weighted by atomic mass is 10.0. The second kappa shape index (κ2) is 8.09. The molecule has 0 radical (unpaired) electrons. The number of nitrogens with one attached hydrogen (secondary N) is 2. The molecular weight excluding hydrogens is 348 g/mol. The Balaban J connectivity index is 1.81. The number of nitrogens with two attached hydrogens (primary N) is 1. The minimum atomic E-state index is 0.365. The molecule has 3 aromatic rings. The molecule has 0 unspecified atom stereocenters. The first-order chi connectivity index (χ1) is 12.2. The number of hydrogen-bond donors (Lipinski definition) is 3. The fraction of sp³-hybridized carbons (Fsp3) is 0.0526. The number of pyridine rings is 1. The summed E-state index contributed by atoms with van der Waals surface area (Å²) in [6.45, 7) is 0. The molecule has 3 rings (SSSR count). The van der Waals surface area contributed by atoms with Crippen LogP contribution in [0.15, 0.2) is 76.8 Å². The third-order valence-corrected chi connectivity index (χ3v) is 5.46. The predicted molar refractivity (Wildman–Crippen MR) is 109 cm³/mol. The van der Waals surface area contributed by atoms with E-state index in [0.29, 0.717) is 17.0 Å². The Morgan fingerprint density at radius 2 is 1.88 bits per heavy atom. The van der Waals surface area contributed by atoms with Crippen molar-refractivity contribution in [2.24, 2.45) is 0 Å². The van der Waals surface area contributed by atoms with Crippen molar-refractivity contribution in [3.63, 3.8) is 0 Å². The maximum absolute atomic E-state index is 8.41. The molecule has 0 atom stereocenters. The second-order valence-electron chi connectivity index (χ2n) is 5.27. The third-order valence-electron chi connectivity index (χ3n) is 3.62. The van der Waals surface area contributed by atoms with Crippen molar-refractivity contribution in [1.29, 1.82) is 5.41 Å². The van der Waals surface area contributed by atoms with Crippen LogP contribution in [-0.2, 0) is 0 Å². The van der Waals surface area contributed by atoms with E-state index >= 15 is 0 Å². The summed E-state index contributed by atoms with van der Waals surface area (Å²) in [7, 11) is 0. The van der Waals surface area contributed by atoms with Crippen LogP contribution in [0.25, 0.3) is 0 Å². The van der Waals surface area contributed by atoms with Gasteiger partial charge in [-0.1, -0.05) is 12.1 Å². The van der Waals surface area contributed by atoms with Gasteiger partial charge in [0.05, 0.1) is 5.71 Å². The molecule has 6 heteroatoms. The Morgan fingerprint density at radius 3 is 2.60 bits per heavy atom. The van der Waals surface area contributed by atoms with Crippen LogP contribution in [0.4, 0.5) is 11.4 Å². The third kappa shape index (κ3) is 4.15. The maximum atomic E-state index is 8.41. The highest BCUT2D eigenvalue weighted by molar-refractivity contribution is 8.02. The molecule has 0 spiro atoms. The molecule has 0 aliphatic heterocycles. The van der Waals surface area contributed by atoms with Gasteiger partial charge in [0.25, 0.3) is 0 Å². The molecular formula is C19H18N4S2. The number of nitrogens with zero attached hydrogens (tertiary/aromatic N) is 1. The second-order valence-corrected chi connectivity index (χ2v) is 6.97. The number of benzene rings is 2. The molecule has 1 aromatic heterocycles. The number of nitrogen functional groups attached to an aromatic ring is 1. The van der Waals surface area contributed by atoms with Crippen LogP contribution in [0.5, 0.6) is 0 Å². The molecule has 1 heterocycles. The SMILES string of the molecule is CSc1ccccc1SNc1ccc(N)c(C(=N)c2cccnc2)c1. The molecule has 0 bridgehead atoms. The van der Waals surface area contributed by atoms with Gasteiger partial charge in [-0.3, -0.25) is 10.4 Å². The van der Waals surface area contributed by atoms with Crippen molar-refractivity contribution < 1.29 is 0 Å². The van der Waals surface area contributed by atoms with E-state index in [1.165, 1.54) is 4.90 Å². The fourth-order valence-electron chi connectivity index (χ4n) is 2.32. The van der Waals surface area contributed by atoms with Gasteiger partial charge in [-0.2, -0.15) is 0 Å². The van der Waals surface area contributed by atoms with Gasteiger partial charge in [0.15, 0.2) is 0 Å². The Labute approximate surface area is 155 Å². The lowest BCUT2D eigenvalue weighted by Gasteiger charge is -2.12. The number of aromatic nitrogens is 1. The Bertz CT molecular complexity index is 882. The van der Waals surface area contributed by atoms with Crippen LogP contribution < -0.4 is 10.5 Å². The highest BCUT2D eigenvalue weighted by atomic mass is 32.2. The molecule has 2 aromatic carbocycles. The highest BCUT2D eigenvalue weighted by Crippen LogP contribution is 2.31. The largest absolute Gasteiger partial charge is 0.398 e. The van der Waals surface area contributed by atoms with E-state index in [0.717, 1.165) is 16.1 Å². The van der Waals surface area contributed by atoms with Crippen molar-refractivity contribution in [2.75, 3.05) is 16.7 Å². The summed E-state index contributed by atoms with van der Waals surface area (Å²) in [4.78, 5) is 6.46. The molecule has 0 amide bonds. The quantitative estimate of drug-likeness (QED) is 0.250. The van der Waals surface area contributed by atoms with Crippen LogP contribution in [0.1, 0.15) is 11.1 Å². The number of rotatable bonds is 6. The molecule has 0 saturated carbocycles. The molecule has 4 nitrogen and oxygen atoms in total. The average Bonchev–Trinajstić information content (AvgIpc) is 2.67. The molecule has 0 fully saturated rings. The van der Waals surface area contributed by atoms with Gasteiger partial charge in [0.1, 0.15) is 0 Å². The summed E-state index contributed by atoms with van der Waals surface area (Å²) in [5, 5.41) is 8.41. The predicted octanol–water partition coefficient (Wildman–Crippen LogP) is 4.92. The Morgan fingerprint density at radius 1 is 1.08 bits per heavy atom. The summed E-state index contributed by atoms with van der Waals surface area (Å²) in [6.07, 6.45) is 5.43. The van der Waals surface area contributed by atoms with Gasteiger partial charge < -0.3 is 10.5 Å². The van der Waals surface area contributed by atoms with Gasteiger partial charge in [0, 0.05) is 44.7 Å². The van der Waals surface area contributed by atoms with E-state index in [1.54, 1.807) is 36.1 Å². The van der Waals surface area contributed by atoms with Crippen molar-refractivity contribution in [2.45, 2.75) is 9.79 Å². The summed E-state index contributed by atoms with van der Waals surface area (Å²) >= 11 is 3.27. The zero-order chi connectivity index (χ0) is 17.6. The van der Waals surface area contributed by atoms with Crippen LogP contribution >= 0.6 is 23.7 Å². The summed E-state index contributed by atoms with van der Waals surface area (Å²) < 4.78 is 3.35. The van der Waals surface area contributed by atoms with Crippen LogP contribution in [0.2, 0.25) is 0 Å². The minimum Gasteiger partial charge on any atom is -0.398 e. The topological polar surface area (TPSA) is 74.8 Å². The van der Waals surface area contributed by atoms with E-state index in [-0.39, 0.29) is 0 Å². The van der Waals surface area contributed by atoms with Crippen LogP contribution in [0, 0.1) is 5.41 Å². The zero-order valence-electron chi connectivity index (χ0n) is 13.7. The van der Waals surface area contributed by atoms with Crippen molar-refractivity contribution in [3.8, 4) is 0 Å². The molecule has 4 N–H and O–H groups in total. The van der Waals surface area contributed by atoms with Gasteiger partial charge in [-0.15, -0.1) is 11.8 Å². The monoisotopic (exact) mass is 366 g/mol. The lowest BCUT2D eigenvalue weighted by Crippen LogP contribution is -2.06. The van der Waals surface area contributed by atoms with E-state index in [4.69, 9.17) is 11.1 Å². The Hall–Kier alpha value is -2.44. The van der Waals surface area contributed by atoms with Crippen LogP contribution in [0.3, 0.4) is 0 Å². The van der Waals surface area contributed by atoms with Crippen LogP contribution in [-0.4, -0.2) is 17.0 Å². The first-order valence-electron chi connectivity index (χ1n) is 7.64. The first-order valence-corrected chi connectivity index (χ1v) is 9.68. The zero-order valence-corrected chi connectivity index (χ0v) is 15.3. The van der Waals surface area contributed by atoms with Gasteiger partial charge in [0.2, 0.25) is 0 Å². The van der Waals surface area contributed by atoms with E-state index in [2.05, 4.69) is 28.1 Å². The fourth-order valence-corrected chi connectivity index (χ4v) is 3.85. The van der Waals surface area contributed by atoms with Crippen molar-refractivity contribution in [1.82, 2.24) is 4.98 Å². The number of thioether (sulfide) groups is 1. The molecule has 126 valence electrons. The average molecular weight is 367 g/mol. The van der Waals surface area contributed by atoms with Gasteiger partial charge >= 0.3 is 0 Å². The van der Waals surface area contributed by atoms with Gasteiger partial charge in [-0.25, -0.2) is 0 Å². The van der Waals surface area contributed by atoms with Crippen molar-refractivity contribution in [3.05, 3.63) is 78.1 Å². The van der Waals surface area contributed by atoms with E-state index < -0.39 is 0 Å². The minimum absolute atomic E-state index is 0.365. The molecule has 0 aliphatic rings. The molecule has 0 saturated heterocycles. The van der Waals surface area contributed by atoms with E-state index in [1.807, 2.05) is 42.5 Å². The smallest absolute Gasteiger partial charge is 0.0721 e. The highest BCUT2D eigenvalue weighted by Gasteiger charge is 2.10. The number of anilines is 2. The molecule has 0 aliphatic carbocycles. The van der Waals surface area contributed by atoms with Crippen molar-refractivity contribution >= 4 is 40.8 Å². The summed E-state index contributed by atoms with van der Waals surface area (Å²) in [6, 6.07) is 17.6. The standard InChI is InChI=1S/C19H18N4S2/c1-24-17-6-2-3-7-18(17)25-23-14-8-9-16(20)15(11-14)19(21)13-5-4-10-22-12-13/h2-12,21,23H,20H2,1H3. The maximum Gasteiger partial charge on any atom is 0.0721 e.